The lowest BCUT2D eigenvalue weighted by molar-refractivity contribution is 0.632. The van der Waals surface area contributed by atoms with E-state index in [0.29, 0.717) is 10.8 Å². The third-order valence-corrected chi connectivity index (χ3v) is 2.26. The van der Waals surface area contributed by atoms with Crippen LogP contribution >= 0.6 is 23.2 Å². The third-order valence-electron chi connectivity index (χ3n) is 1.83. The maximum Gasteiger partial charge on any atom is 0.153 e. The third kappa shape index (κ3) is 2.59. The van der Waals surface area contributed by atoms with E-state index in [4.69, 9.17) is 23.2 Å². The monoisotopic (exact) mass is 257 g/mol. The summed E-state index contributed by atoms with van der Waals surface area (Å²) in [7, 11) is 0. The second kappa shape index (κ2) is 4.63. The minimum atomic E-state index is -0.454. The summed E-state index contributed by atoms with van der Waals surface area (Å²) in [5, 5.41) is 10.7. The maximum absolute atomic E-state index is 13.4. The van der Waals surface area contributed by atoms with E-state index < -0.39 is 5.82 Å². The quantitative estimate of drug-likeness (QED) is 0.893. The summed E-state index contributed by atoms with van der Waals surface area (Å²) < 4.78 is 13.4. The molecule has 1 N–H and O–H groups in total. The number of nitrogens with one attached hydrogen (secondary N) is 1. The van der Waals surface area contributed by atoms with Gasteiger partial charge in [0.15, 0.2) is 11.0 Å². The highest BCUT2D eigenvalue weighted by atomic mass is 35.5. The predicted molar refractivity (Wildman–Crippen MR) is 61.7 cm³/mol. The Hall–Kier alpha value is -1.39. The van der Waals surface area contributed by atoms with E-state index >= 15 is 0 Å². The molecule has 0 saturated carbocycles. The molecule has 16 heavy (non-hydrogen) atoms. The molecule has 0 bridgehead atoms. The van der Waals surface area contributed by atoms with Gasteiger partial charge in [0.05, 0.1) is 5.69 Å². The van der Waals surface area contributed by atoms with E-state index in [-0.39, 0.29) is 10.8 Å². The van der Waals surface area contributed by atoms with Gasteiger partial charge in [0.25, 0.3) is 0 Å². The van der Waals surface area contributed by atoms with Crippen molar-refractivity contribution in [2.75, 3.05) is 5.32 Å². The summed E-state index contributed by atoms with van der Waals surface area (Å²) in [6.45, 7) is 0. The molecule has 0 radical (unpaired) electrons. The predicted octanol–water partition coefficient (Wildman–Crippen LogP) is 3.67. The van der Waals surface area contributed by atoms with Gasteiger partial charge < -0.3 is 5.32 Å². The minimum Gasteiger partial charge on any atom is -0.336 e. The molecule has 2 aromatic rings. The molecule has 3 nitrogen and oxygen atoms in total. The smallest absolute Gasteiger partial charge is 0.153 e. The zero-order chi connectivity index (χ0) is 11.5. The number of benzene rings is 1. The molecule has 1 aromatic heterocycles. The van der Waals surface area contributed by atoms with Crippen LogP contribution in [0.5, 0.6) is 0 Å². The van der Waals surface area contributed by atoms with Crippen LogP contribution in [0.25, 0.3) is 0 Å². The first kappa shape index (κ1) is 11.1. The summed E-state index contributed by atoms with van der Waals surface area (Å²) >= 11 is 11.2. The molecule has 0 fully saturated rings. The van der Waals surface area contributed by atoms with Gasteiger partial charge in [-0.25, -0.2) is 4.39 Å². The number of aromatic nitrogens is 2. The Morgan fingerprint density at radius 3 is 2.50 bits per heavy atom. The van der Waals surface area contributed by atoms with Gasteiger partial charge >= 0.3 is 0 Å². The minimum absolute atomic E-state index is 0.279. The average Bonchev–Trinajstić information content (AvgIpc) is 2.25. The largest absolute Gasteiger partial charge is 0.336 e. The number of nitrogens with zero attached hydrogens (tertiary/aromatic N) is 2. The van der Waals surface area contributed by atoms with E-state index in [2.05, 4.69) is 15.5 Å². The normalized spacial score (nSPS) is 10.2. The Morgan fingerprint density at radius 1 is 1.06 bits per heavy atom. The topological polar surface area (TPSA) is 37.8 Å². The van der Waals surface area contributed by atoms with Crippen LogP contribution < -0.4 is 5.32 Å². The molecule has 2 rings (SSSR count). The van der Waals surface area contributed by atoms with Crippen LogP contribution in [0.1, 0.15) is 0 Å². The molecule has 0 aliphatic rings. The van der Waals surface area contributed by atoms with Crippen molar-refractivity contribution < 1.29 is 4.39 Å². The number of rotatable bonds is 2. The zero-order valence-electron chi connectivity index (χ0n) is 7.92. The van der Waals surface area contributed by atoms with Crippen molar-refractivity contribution in [3.05, 3.63) is 46.3 Å². The van der Waals surface area contributed by atoms with Crippen LogP contribution in [0, 0.1) is 5.82 Å². The Balaban J connectivity index is 2.23. The van der Waals surface area contributed by atoms with Gasteiger partial charge in [0.2, 0.25) is 0 Å². The van der Waals surface area contributed by atoms with E-state index in [1.54, 1.807) is 18.2 Å². The lowest BCUT2D eigenvalue weighted by atomic mass is 10.3. The van der Waals surface area contributed by atoms with Crippen LogP contribution in [0.2, 0.25) is 10.2 Å². The number of hydrogen-bond acceptors (Lipinski definition) is 3. The molecule has 0 spiro atoms. The first-order chi connectivity index (χ1) is 7.65. The highest BCUT2D eigenvalue weighted by molar-refractivity contribution is 6.30. The first-order valence-electron chi connectivity index (χ1n) is 4.36. The van der Waals surface area contributed by atoms with Crippen LogP contribution in [-0.2, 0) is 0 Å². The fraction of sp³-hybridized carbons (Fsp3) is 0. The molecule has 1 heterocycles. The van der Waals surface area contributed by atoms with Crippen molar-refractivity contribution >= 4 is 34.7 Å². The molecular formula is C10H6Cl2FN3. The lowest BCUT2D eigenvalue weighted by Gasteiger charge is -2.05. The molecule has 6 heteroatoms. The van der Waals surface area contributed by atoms with Crippen molar-refractivity contribution in [3.63, 3.8) is 0 Å². The Kier molecular flexibility index (Phi) is 3.22. The summed E-state index contributed by atoms with van der Waals surface area (Å²) in [6.07, 6.45) is 0. The van der Waals surface area contributed by atoms with Crippen molar-refractivity contribution in [2.45, 2.75) is 0 Å². The van der Waals surface area contributed by atoms with Crippen molar-refractivity contribution in [1.29, 1.82) is 0 Å². The van der Waals surface area contributed by atoms with Gasteiger partial charge in [0, 0.05) is 5.02 Å². The molecular weight excluding hydrogens is 252 g/mol. The average molecular weight is 258 g/mol. The van der Waals surface area contributed by atoms with Crippen LogP contribution in [0.4, 0.5) is 15.9 Å². The second-order valence-corrected chi connectivity index (χ2v) is 3.81. The fourth-order valence-corrected chi connectivity index (χ4v) is 1.37. The van der Waals surface area contributed by atoms with Crippen LogP contribution in [0.15, 0.2) is 30.3 Å². The second-order valence-electron chi connectivity index (χ2n) is 2.99. The molecule has 1 aromatic carbocycles. The molecule has 82 valence electrons. The summed E-state index contributed by atoms with van der Waals surface area (Å²) in [5.41, 5.74) is 0.279. The number of halogens is 3. The van der Waals surface area contributed by atoms with Gasteiger partial charge in [-0.3, -0.25) is 0 Å². The van der Waals surface area contributed by atoms with Crippen molar-refractivity contribution in [1.82, 2.24) is 10.2 Å². The standard InChI is InChI=1S/C10H6Cl2FN3/c11-6-1-2-8(7(13)5-6)14-10-4-3-9(12)15-16-10/h1-5H,(H,14,16). The highest BCUT2D eigenvalue weighted by Crippen LogP contribution is 2.21. The zero-order valence-corrected chi connectivity index (χ0v) is 9.43. The van der Waals surface area contributed by atoms with Gasteiger partial charge in [-0.05, 0) is 30.3 Å². The van der Waals surface area contributed by atoms with E-state index in [1.807, 2.05) is 0 Å². The van der Waals surface area contributed by atoms with E-state index in [0.717, 1.165) is 0 Å². The summed E-state index contributed by atoms with van der Waals surface area (Å²) in [5.74, 6) is -0.0464. The fourth-order valence-electron chi connectivity index (χ4n) is 1.11. The van der Waals surface area contributed by atoms with Gasteiger partial charge in [0.1, 0.15) is 5.82 Å². The highest BCUT2D eigenvalue weighted by Gasteiger charge is 2.04. The Bertz CT molecular complexity index is 502. The molecule has 0 aliphatic carbocycles. The van der Waals surface area contributed by atoms with Gasteiger partial charge in [-0.2, -0.15) is 0 Å². The van der Waals surface area contributed by atoms with Gasteiger partial charge in [-0.1, -0.05) is 23.2 Å². The molecule has 0 unspecified atom stereocenters. The number of anilines is 2. The van der Waals surface area contributed by atoms with E-state index in [9.17, 15) is 4.39 Å². The molecule has 0 amide bonds. The molecule has 0 atom stereocenters. The Labute approximate surface area is 101 Å². The first-order valence-corrected chi connectivity index (χ1v) is 5.12. The maximum atomic E-state index is 13.4. The summed E-state index contributed by atoms with van der Waals surface area (Å²) in [4.78, 5) is 0. The van der Waals surface area contributed by atoms with Crippen LogP contribution in [0.3, 0.4) is 0 Å². The Morgan fingerprint density at radius 2 is 1.88 bits per heavy atom. The van der Waals surface area contributed by atoms with Crippen molar-refractivity contribution in [3.8, 4) is 0 Å². The number of hydrogen-bond donors (Lipinski definition) is 1. The van der Waals surface area contributed by atoms with Crippen molar-refractivity contribution in [2.24, 2.45) is 0 Å². The molecule has 0 aliphatic heterocycles. The molecule has 0 saturated heterocycles. The lowest BCUT2D eigenvalue weighted by Crippen LogP contribution is -1.97. The summed E-state index contributed by atoms with van der Waals surface area (Å²) in [6, 6.07) is 7.48. The van der Waals surface area contributed by atoms with Crippen LogP contribution in [-0.4, -0.2) is 10.2 Å². The SMILES string of the molecule is Fc1cc(Cl)ccc1Nc1ccc(Cl)nn1. The van der Waals surface area contributed by atoms with E-state index in [1.165, 1.54) is 12.1 Å². The van der Waals surface area contributed by atoms with Gasteiger partial charge in [-0.15, -0.1) is 10.2 Å².